The van der Waals surface area contributed by atoms with Gasteiger partial charge in [0.15, 0.2) is 0 Å². The number of ether oxygens (including phenoxy) is 1. The molecule has 1 N–H and O–H groups in total. The summed E-state index contributed by atoms with van der Waals surface area (Å²) in [5.41, 5.74) is 1.04. The number of imidazole rings is 1. The molecule has 2 aromatic heterocycles. The van der Waals surface area contributed by atoms with Gasteiger partial charge >= 0.3 is 0 Å². The van der Waals surface area contributed by atoms with Crippen LogP contribution < -0.4 is 10.1 Å². The standard InChI is InChI=1S/C21H17FN4O4S/c1-30-16-4-7-18(22)19(10-16)31(28,29)17-5-2-14(3-6-17)11-24-20(27)15-12-25-21-23-8-9-26(21)13-15/h2-10,12-13H,11H2,1H3,(H,24,27). The second-order valence-electron chi connectivity index (χ2n) is 6.60. The summed E-state index contributed by atoms with van der Waals surface area (Å²) in [6.07, 6.45) is 6.31. The van der Waals surface area contributed by atoms with Gasteiger partial charge in [-0.1, -0.05) is 12.1 Å². The van der Waals surface area contributed by atoms with Crippen LogP contribution in [0.3, 0.4) is 0 Å². The first kappa shape index (κ1) is 20.5. The van der Waals surface area contributed by atoms with Crippen LogP contribution >= 0.6 is 0 Å². The Bertz CT molecular complexity index is 1370. The fourth-order valence-electron chi connectivity index (χ4n) is 2.95. The summed E-state index contributed by atoms with van der Waals surface area (Å²) in [7, 11) is -2.70. The van der Waals surface area contributed by atoms with Crippen LogP contribution in [0.25, 0.3) is 5.78 Å². The molecule has 2 aromatic carbocycles. The summed E-state index contributed by atoms with van der Waals surface area (Å²) in [5.74, 6) is -0.470. The smallest absolute Gasteiger partial charge is 0.254 e. The minimum absolute atomic E-state index is 0.0653. The lowest BCUT2D eigenvalue weighted by atomic mass is 10.2. The summed E-state index contributed by atoms with van der Waals surface area (Å²) >= 11 is 0. The molecule has 4 rings (SSSR count). The van der Waals surface area contributed by atoms with Gasteiger partial charge in [0.25, 0.3) is 5.91 Å². The van der Waals surface area contributed by atoms with E-state index >= 15 is 0 Å². The minimum Gasteiger partial charge on any atom is -0.497 e. The maximum atomic E-state index is 14.1. The highest BCUT2D eigenvalue weighted by Crippen LogP contribution is 2.27. The third kappa shape index (κ3) is 4.10. The fraction of sp³-hybridized carbons (Fsp3) is 0.0952. The Morgan fingerprint density at radius 2 is 1.94 bits per heavy atom. The van der Waals surface area contributed by atoms with Crippen molar-refractivity contribution >= 4 is 21.5 Å². The number of hydrogen-bond donors (Lipinski definition) is 1. The highest BCUT2D eigenvalue weighted by atomic mass is 32.2. The number of hydrogen-bond acceptors (Lipinski definition) is 6. The molecule has 0 saturated heterocycles. The van der Waals surface area contributed by atoms with E-state index in [-0.39, 0.29) is 23.1 Å². The van der Waals surface area contributed by atoms with Crippen LogP contribution in [0.1, 0.15) is 15.9 Å². The molecule has 0 spiro atoms. The first-order valence-corrected chi connectivity index (χ1v) is 10.6. The first-order valence-electron chi connectivity index (χ1n) is 9.13. The van der Waals surface area contributed by atoms with Crippen molar-refractivity contribution in [1.82, 2.24) is 19.7 Å². The van der Waals surface area contributed by atoms with Crippen molar-refractivity contribution in [1.29, 1.82) is 0 Å². The van der Waals surface area contributed by atoms with E-state index in [0.717, 1.165) is 12.1 Å². The van der Waals surface area contributed by atoms with E-state index in [9.17, 15) is 17.6 Å². The second kappa shape index (κ2) is 8.15. The molecule has 1 amide bonds. The normalized spacial score (nSPS) is 11.4. The van der Waals surface area contributed by atoms with Crippen LogP contribution in [0.4, 0.5) is 4.39 Å². The van der Waals surface area contributed by atoms with Crippen LogP contribution in [0.15, 0.2) is 77.0 Å². The monoisotopic (exact) mass is 440 g/mol. The maximum absolute atomic E-state index is 14.1. The summed E-state index contributed by atoms with van der Waals surface area (Å²) < 4.78 is 46.3. The molecule has 0 unspecified atom stereocenters. The summed E-state index contributed by atoms with van der Waals surface area (Å²) in [6, 6.07) is 9.39. The number of nitrogens with one attached hydrogen (secondary N) is 1. The Morgan fingerprint density at radius 1 is 1.16 bits per heavy atom. The van der Waals surface area contributed by atoms with Gasteiger partial charge in [0.1, 0.15) is 16.5 Å². The predicted molar refractivity (Wildman–Crippen MR) is 109 cm³/mol. The minimum atomic E-state index is -4.07. The molecule has 0 atom stereocenters. The Labute approximate surface area is 177 Å². The molecule has 10 heteroatoms. The van der Waals surface area contributed by atoms with E-state index < -0.39 is 20.5 Å². The molecule has 31 heavy (non-hydrogen) atoms. The van der Waals surface area contributed by atoms with E-state index in [0.29, 0.717) is 16.9 Å². The van der Waals surface area contributed by atoms with Gasteiger partial charge in [0, 0.05) is 37.4 Å². The van der Waals surface area contributed by atoms with Gasteiger partial charge in [0.2, 0.25) is 15.6 Å². The van der Waals surface area contributed by atoms with Gasteiger partial charge in [-0.25, -0.2) is 22.8 Å². The number of benzene rings is 2. The number of sulfone groups is 1. The van der Waals surface area contributed by atoms with Crippen LogP contribution in [-0.4, -0.2) is 35.8 Å². The van der Waals surface area contributed by atoms with Gasteiger partial charge in [-0.2, -0.15) is 0 Å². The number of amides is 1. The van der Waals surface area contributed by atoms with E-state index in [1.54, 1.807) is 35.1 Å². The number of aromatic nitrogens is 3. The van der Waals surface area contributed by atoms with E-state index in [1.807, 2.05) is 0 Å². The summed E-state index contributed by atoms with van der Waals surface area (Å²) in [5, 5.41) is 2.75. The molecule has 0 aliphatic heterocycles. The highest BCUT2D eigenvalue weighted by molar-refractivity contribution is 7.91. The molecule has 0 radical (unpaired) electrons. The molecule has 158 valence electrons. The molecule has 0 fully saturated rings. The third-order valence-corrected chi connectivity index (χ3v) is 6.41. The molecular weight excluding hydrogens is 423 g/mol. The number of carbonyl (C=O) groups is 1. The molecule has 4 aromatic rings. The fourth-order valence-corrected chi connectivity index (χ4v) is 4.29. The Balaban J connectivity index is 1.48. The number of methoxy groups -OCH3 is 1. The number of rotatable bonds is 6. The summed E-state index contributed by atoms with van der Waals surface area (Å²) in [6.45, 7) is 0.175. The largest absolute Gasteiger partial charge is 0.497 e. The number of fused-ring (bicyclic) bond motifs is 1. The molecule has 0 aliphatic rings. The zero-order valence-electron chi connectivity index (χ0n) is 16.3. The SMILES string of the molecule is COc1ccc(F)c(S(=O)(=O)c2ccc(CNC(=O)c3cnc4nccn4c3)cc2)c1. The summed E-state index contributed by atoms with van der Waals surface area (Å²) in [4.78, 5) is 19.9. The molecule has 2 heterocycles. The lowest BCUT2D eigenvalue weighted by Crippen LogP contribution is -2.23. The van der Waals surface area contributed by atoms with E-state index in [4.69, 9.17) is 4.74 Å². The van der Waals surface area contributed by atoms with Crippen molar-refractivity contribution in [3.05, 3.63) is 84.2 Å². The topological polar surface area (TPSA) is 103 Å². The van der Waals surface area contributed by atoms with Crippen LogP contribution in [-0.2, 0) is 16.4 Å². The molecular formula is C21H17FN4O4S. The first-order chi connectivity index (χ1) is 14.9. The molecule has 0 bridgehead atoms. The number of halogens is 1. The zero-order chi connectivity index (χ0) is 22.0. The zero-order valence-corrected chi connectivity index (χ0v) is 17.1. The maximum Gasteiger partial charge on any atom is 0.254 e. The van der Waals surface area contributed by atoms with Gasteiger partial charge in [-0.3, -0.25) is 9.20 Å². The van der Waals surface area contributed by atoms with E-state index in [1.165, 1.54) is 31.5 Å². The van der Waals surface area contributed by atoms with Gasteiger partial charge in [-0.05, 0) is 29.8 Å². The molecule has 0 saturated carbocycles. The molecule has 8 nitrogen and oxygen atoms in total. The van der Waals surface area contributed by atoms with Gasteiger partial charge in [0.05, 0.1) is 17.6 Å². The highest BCUT2D eigenvalue weighted by Gasteiger charge is 2.22. The van der Waals surface area contributed by atoms with Gasteiger partial charge < -0.3 is 10.1 Å². The Hall–Kier alpha value is -3.79. The van der Waals surface area contributed by atoms with E-state index in [2.05, 4.69) is 15.3 Å². The average Bonchev–Trinajstić information content (AvgIpc) is 3.26. The van der Waals surface area contributed by atoms with Crippen molar-refractivity contribution in [3.8, 4) is 5.75 Å². The second-order valence-corrected chi connectivity index (χ2v) is 8.52. The van der Waals surface area contributed by atoms with Gasteiger partial charge in [-0.15, -0.1) is 0 Å². The number of nitrogens with zero attached hydrogens (tertiary/aromatic N) is 3. The van der Waals surface area contributed by atoms with Crippen molar-refractivity contribution in [3.63, 3.8) is 0 Å². The lowest BCUT2D eigenvalue weighted by molar-refractivity contribution is 0.0950. The lowest BCUT2D eigenvalue weighted by Gasteiger charge is -2.09. The third-order valence-electron chi connectivity index (χ3n) is 4.62. The van der Waals surface area contributed by atoms with Crippen molar-refractivity contribution < 1.29 is 22.3 Å². The Morgan fingerprint density at radius 3 is 2.68 bits per heavy atom. The van der Waals surface area contributed by atoms with Crippen molar-refractivity contribution in [2.24, 2.45) is 0 Å². The Kier molecular flexibility index (Phi) is 5.38. The average molecular weight is 440 g/mol. The van der Waals surface area contributed by atoms with Crippen molar-refractivity contribution in [2.45, 2.75) is 16.3 Å². The quantitative estimate of drug-likeness (QED) is 0.495. The number of carbonyl (C=O) groups excluding carboxylic acids is 1. The van der Waals surface area contributed by atoms with Crippen LogP contribution in [0.5, 0.6) is 5.75 Å². The van der Waals surface area contributed by atoms with Crippen LogP contribution in [0, 0.1) is 5.82 Å². The van der Waals surface area contributed by atoms with Crippen LogP contribution in [0.2, 0.25) is 0 Å². The molecule has 0 aliphatic carbocycles. The predicted octanol–water partition coefficient (Wildman–Crippen LogP) is 2.64. The van der Waals surface area contributed by atoms with Crippen molar-refractivity contribution in [2.75, 3.05) is 7.11 Å².